The molecule has 2 aromatic rings. The molecule has 2 rings (SSSR count). The van der Waals surface area contributed by atoms with E-state index in [9.17, 15) is 18.0 Å². The van der Waals surface area contributed by atoms with Crippen molar-refractivity contribution in [1.82, 2.24) is 5.32 Å². The summed E-state index contributed by atoms with van der Waals surface area (Å²) < 4.78 is 51.7. The van der Waals surface area contributed by atoms with E-state index in [1.54, 1.807) is 42.5 Å². The highest BCUT2D eigenvalue weighted by Crippen LogP contribution is 2.31. The standard InChI is InChI=1S/C19H18Cl2F3NO4/c20-13-3-1-4-14(11-13)29-15-5-6-17(16(21)12-15)27-10-8-25-18(26)28-9-2-7-19(22,23)24/h1,3-6,11-12H,2,7-10H2,(H,25,26). The predicted molar refractivity (Wildman–Crippen MR) is 103 cm³/mol. The van der Waals surface area contributed by atoms with Crippen LogP contribution in [0.3, 0.4) is 0 Å². The fraction of sp³-hybridized carbons (Fsp3) is 0.316. The molecule has 158 valence electrons. The van der Waals surface area contributed by atoms with Crippen molar-refractivity contribution in [3.63, 3.8) is 0 Å². The van der Waals surface area contributed by atoms with E-state index < -0.39 is 18.7 Å². The maximum atomic E-state index is 12.0. The molecule has 0 radical (unpaired) electrons. The minimum absolute atomic E-state index is 0.0892. The Labute approximate surface area is 175 Å². The van der Waals surface area contributed by atoms with E-state index >= 15 is 0 Å². The monoisotopic (exact) mass is 451 g/mol. The number of nitrogens with one attached hydrogen (secondary N) is 1. The molecule has 10 heteroatoms. The Hall–Kier alpha value is -2.32. The number of carbonyl (C=O) groups excluding carboxylic acids is 1. The van der Waals surface area contributed by atoms with Gasteiger partial charge in [-0.3, -0.25) is 0 Å². The molecule has 0 aliphatic carbocycles. The van der Waals surface area contributed by atoms with E-state index in [2.05, 4.69) is 10.1 Å². The number of hydrogen-bond donors (Lipinski definition) is 1. The molecule has 0 fully saturated rings. The third-order valence-electron chi connectivity index (χ3n) is 3.40. The van der Waals surface area contributed by atoms with Crippen molar-refractivity contribution in [2.75, 3.05) is 19.8 Å². The fourth-order valence-electron chi connectivity index (χ4n) is 2.13. The summed E-state index contributed by atoms with van der Waals surface area (Å²) in [6, 6.07) is 11.7. The molecule has 29 heavy (non-hydrogen) atoms. The first kappa shape index (κ1) is 23.0. The number of halogens is 5. The normalized spacial score (nSPS) is 11.1. The topological polar surface area (TPSA) is 56.8 Å². The average molecular weight is 452 g/mol. The van der Waals surface area contributed by atoms with Gasteiger partial charge in [0.05, 0.1) is 18.2 Å². The summed E-state index contributed by atoms with van der Waals surface area (Å²) in [6.07, 6.45) is -6.36. The minimum atomic E-state index is -4.26. The first-order valence-corrected chi connectivity index (χ1v) is 9.32. The second kappa shape index (κ2) is 11.0. The Bertz CT molecular complexity index is 818. The number of alkyl halides is 3. The number of ether oxygens (including phenoxy) is 3. The number of benzene rings is 2. The molecule has 1 N–H and O–H groups in total. The highest BCUT2D eigenvalue weighted by atomic mass is 35.5. The van der Waals surface area contributed by atoms with Gasteiger partial charge in [0, 0.05) is 17.5 Å². The van der Waals surface area contributed by atoms with Gasteiger partial charge in [0.1, 0.15) is 23.9 Å². The van der Waals surface area contributed by atoms with Crippen molar-refractivity contribution in [1.29, 1.82) is 0 Å². The highest BCUT2D eigenvalue weighted by molar-refractivity contribution is 6.32. The second-order valence-corrected chi connectivity index (χ2v) is 6.63. The van der Waals surface area contributed by atoms with Gasteiger partial charge >= 0.3 is 12.3 Å². The van der Waals surface area contributed by atoms with Crippen LogP contribution in [0.25, 0.3) is 0 Å². The fourth-order valence-corrected chi connectivity index (χ4v) is 2.54. The van der Waals surface area contributed by atoms with E-state index in [4.69, 9.17) is 32.7 Å². The lowest BCUT2D eigenvalue weighted by Crippen LogP contribution is -2.29. The Balaban J connectivity index is 1.69. The molecule has 0 bridgehead atoms. The molecular formula is C19H18Cl2F3NO4. The van der Waals surface area contributed by atoms with Crippen LogP contribution in [0.5, 0.6) is 17.2 Å². The van der Waals surface area contributed by atoms with Gasteiger partial charge in [0.25, 0.3) is 0 Å². The van der Waals surface area contributed by atoms with Gasteiger partial charge in [-0.25, -0.2) is 4.79 Å². The number of rotatable bonds is 9. The summed E-state index contributed by atoms with van der Waals surface area (Å²) in [5.74, 6) is 1.43. The van der Waals surface area contributed by atoms with Crippen LogP contribution in [-0.2, 0) is 4.74 Å². The molecule has 0 saturated carbocycles. The largest absolute Gasteiger partial charge is 0.490 e. The molecule has 0 aliphatic heterocycles. The summed E-state index contributed by atoms with van der Waals surface area (Å²) in [7, 11) is 0. The zero-order valence-electron chi connectivity index (χ0n) is 15.1. The van der Waals surface area contributed by atoms with Gasteiger partial charge < -0.3 is 19.5 Å². The van der Waals surface area contributed by atoms with Crippen LogP contribution >= 0.6 is 23.2 Å². The number of carbonyl (C=O) groups is 1. The molecule has 0 spiro atoms. The number of amides is 1. The quantitative estimate of drug-likeness (QED) is 0.458. The zero-order chi connectivity index (χ0) is 21.3. The smallest absolute Gasteiger partial charge is 0.407 e. The predicted octanol–water partition coefficient (Wildman–Crippen LogP) is 6.23. The maximum Gasteiger partial charge on any atom is 0.407 e. The van der Waals surface area contributed by atoms with Crippen LogP contribution in [0, 0.1) is 0 Å². The van der Waals surface area contributed by atoms with Crippen molar-refractivity contribution >= 4 is 29.3 Å². The zero-order valence-corrected chi connectivity index (χ0v) is 16.6. The van der Waals surface area contributed by atoms with Gasteiger partial charge in [-0.05, 0) is 36.8 Å². The van der Waals surface area contributed by atoms with Crippen molar-refractivity contribution in [3.8, 4) is 17.2 Å². The van der Waals surface area contributed by atoms with Crippen LogP contribution in [0.15, 0.2) is 42.5 Å². The third kappa shape index (κ3) is 9.15. The van der Waals surface area contributed by atoms with Gasteiger partial charge in [0.15, 0.2) is 0 Å². The van der Waals surface area contributed by atoms with E-state index in [-0.39, 0.29) is 26.2 Å². The molecule has 0 unspecified atom stereocenters. The van der Waals surface area contributed by atoms with Crippen LogP contribution in [0.1, 0.15) is 12.8 Å². The lowest BCUT2D eigenvalue weighted by Gasteiger charge is -2.11. The van der Waals surface area contributed by atoms with Gasteiger partial charge in [0.2, 0.25) is 0 Å². The molecule has 5 nitrogen and oxygen atoms in total. The molecule has 0 aromatic heterocycles. The summed E-state index contributed by atoms with van der Waals surface area (Å²) in [5, 5.41) is 3.22. The van der Waals surface area contributed by atoms with Crippen molar-refractivity contribution in [2.45, 2.75) is 19.0 Å². The Kier molecular flexibility index (Phi) is 8.72. The molecule has 1 amide bonds. The summed E-state index contributed by atoms with van der Waals surface area (Å²) in [6.45, 7) is -0.132. The van der Waals surface area contributed by atoms with Crippen molar-refractivity contribution < 1.29 is 32.2 Å². The second-order valence-electron chi connectivity index (χ2n) is 5.78. The van der Waals surface area contributed by atoms with Gasteiger partial charge in [-0.1, -0.05) is 29.3 Å². The van der Waals surface area contributed by atoms with E-state index in [1.807, 2.05) is 0 Å². The van der Waals surface area contributed by atoms with Crippen LogP contribution in [0.2, 0.25) is 10.0 Å². The Morgan fingerprint density at radius 1 is 1.03 bits per heavy atom. The minimum Gasteiger partial charge on any atom is -0.490 e. The molecule has 0 saturated heterocycles. The van der Waals surface area contributed by atoms with Crippen LogP contribution in [0.4, 0.5) is 18.0 Å². The molecule has 0 atom stereocenters. The Morgan fingerprint density at radius 3 is 2.48 bits per heavy atom. The molecule has 2 aromatic carbocycles. The average Bonchev–Trinajstić information content (AvgIpc) is 2.63. The van der Waals surface area contributed by atoms with Crippen LogP contribution < -0.4 is 14.8 Å². The van der Waals surface area contributed by atoms with Crippen molar-refractivity contribution in [3.05, 3.63) is 52.5 Å². The number of alkyl carbamates (subject to hydrolysis) is 1. The van der Waals surface area contributed by atoms with E-state index in [1.165, 1.54) is 0 Å². The summed E-state index contributed by atoms with van der Waals surface area (Å²) in [4.78, 5) is 11.4. The lowest BCUT2D eigenvalue weighted by molar-refractivity contribution is -0.137. The third-order valence-corrected chi connectivity index (χ3v) is 3.93. The summed E-state index contributed by atoms with van der Waals surface area (Å²) in [5.41, 5.74) is 0. The lowest BCUT2D eigenvalue weighted by atomic mass is 10.3. The van der Waals surface area contributed by atoms with Gasteiger partial charge in [-0.15, -0.1) is 0 Å². The maximum absolute atomic E-state index is 12.0. The van der Waals surface area contributed by atoms with E-state index in [0.29, 0.717) is 27.3 Å². The van der Waals surface area contributed by atoms with E-state index in [0.717, 1.165) is 0 Å². The van der Waals surface area contributed by atoms with Gasteiger partial charge in [-0.2, -0.15) is 13.2 Å². The number of hydrogen-bond acceptors (Lipinski definition) is 4. The van der Waals surface area contributed by atoms with Crippen LogP contribution in [-0.4, -0.2) is 32.0 Å². The summed E-state index contributed by atoms with van der Waals surface area (Å²) >= 11 is 12.1. The molecule has 0 heterocycles. The highest BCUT2D eigenvalue weighted by Gasteiger charge is 2.26. The van der Waals surface area contributed by atoms with Crippen molar-refractivity contribution in [2.24, 2.45) is 0 Å². The first-order valence-electron chi connectivity index (χ1n) is 8.56. The first-order chi connectivity index (χ1) is 13.7. The molecule has 0 aliphatic rings. The molecular weight excluding hydrogens is 434 g/mol. The SMILES string of the molecule is O=C(NCCOc1ccc(Oc2cccc(Cl)c2)cc1Cl)OCCCC(F)(F)F. The Morgan fingerprint density at radius 2 is 1.79 bits per heavy atom.